The van der Waals surface area contributed by atoms with Gasteiger partial charge in [0.05, 0.1) is 5.75 Å². The second-order valence-corrected chi connectivity index (χ2v) is 9.05. The fourth-order valence-electron chi connectivity index (χ4n) is 3.29. The molecular weight excluding hydrogens is 336 g/mol. The number of nitrogens with one attached hydrogen (secondary N) is 1. The van der Waals surface area contributed by atoms with Crippen molar-refractivity contribution >= 4 is 15.9 Å². The number of hydrogen-bond donors (Lipinski definition) is 1. The molecule has 1 aromatic rings. The highest BCUT2D eigenvalue weighted by molar-refractivity contribution is 7.89. The van der Waals surface area contributed by atoms with E-state index in [0.29, 0.717) is 6.42 Å². The van der Waals surface area contributed by atoms with Gasteiger partial charge in [-0.3, -0.25) is 4.79 Å². The lowest BCUT2D eigenvalue weighted by Crippen LogP contribution is -2.54. The molecule has 2 rings (SSSR count). The standard InChI is InChI=1S/C19H30N2O3S/c1-4-6-7-10-15(3)20-19(22)18-13-16-11-8-9-12-17(16)14-21(18)25(23,24)5-2/h8-9,11-12,15,18H,4-7,10,13-14H2,1-3H3,(H,20,22). The number of sulfonamides is 1. The Morgan fingerprint density at radius 2 is 1.92 bits per heavy atom. The summed E-state index contributed by atoms with van der Waals surface area (Å²) in [6, 6.07) is 7.16. The number of hydrogen-bond acceptors (Lipinski definition) is 3. The number of benzene rings is 1. The predicted molar refractivity (Wildman–Crippen MR) is 101 cm³/mol. The van der Waals surface area contributed by atoms with E-state index in [4.69, 9.17) is 0 Å². The highest BCUT2D eigenvalue weighted by Gasteiger charge is 2.38. The molecule has 1 amide bonds. The van der Waals surface area contributed by atoms with Crippen molar-refractivity contribution in [1.29, 1.82) is 0 Å². The van der Waals surface area contributed by atoms with Crippen LogP contribution < -0.4 is 5.32 Å². The summed E-state index contributed by atoms with van der Waals surface area (Å²) in [7, 11) is -3.44. The molecule has 1 heterocycles. The molecule has 1 aliphatic heterocycles. The SMILES string of the molecule is CCCCCC(C)NC(=O)C1Cc2ccccc2CN1S(=O)(=O)CC. The topological polar surface area (TPSA) is 66.5 Å². The fourth-order valence-corrected chi connectivity index (χ4v) is 4.52. The molecule has 6 heteroatoms. The molecule has 1 aliphatic rings. The maximum absolute atomic E-state index is 12.8. The third-order valence-electron chi connectivity index (χ3n) is 4.86. The zero-order valence-electron chi connectivity index (χ0n) is 15.5. The molecule has 5 nitrogen and oxygen atoms in total. The molecule has 140 valence electrons. The van der Waals surface area contributed by atoms with Gasteiger partial charge in [0.15, 0.2) is 0 Å². The number of carbonyl (C=O) groups excluding carboxylic acids is 1. The molecule has 0 saturated carbocycles. The van der Waals surface area contributed by atoms with Crippen molar-refractivity contribution in [3.63, 3.8) is 0 Å². The summed E-state index contributed by atoms with van der Waals surface area (Å²) in [5.74, 6) is -0.180. The van der Waals surface area contributed by atoms with Crippen LogP contribution in [-0.2, 0) is 27.8 Å². The van der Waals surface area contributed by atoms with Crippen LogP contribution in [0, 0.1) is 0 Å². The monoisotopic (exact) mass is 366 g/mol. The van der Waals surface area contributed by atoms with E-state index in [2.05, 4.69) is 12.2 Å². The second kappa shape index (κ2) is 8.81. The lowest BCUT2D eigenvalue weighted by Gasteiger charge is -2.35. The molecule has 0 fully saturated rings. The molecular formula is C19H30N2O3S. The van der Waals surface area contributed by atoms with Crippen LogP contribution in [0.5, 0.6) is 0 Å². The third kappa shape index (κ3) is 5.05. The zero-order chi connectivity index (χ0) is 18.4. The summed E-state index contributed by atoms with van der Waals surface area (Å²) in [5, 5.41) is 3.02. The van der Waals surface area contributed by atoms with E-state index in [9.17, 15) is 13.2 Å². The van der Waals surface area contributed by atoms with Crippen LogP contribution in [0.1, 0.15) is 57.6 Å². The van der Waals surface area contributed by atoms with Gasteiger partial charge >= 0.3 is 0 Å². The summed E-state index contributed by atoms with van der Waals surface area (Å²) in [6.45, 7) is 6.03. The Hall–Kier alpha value is -1.40. The first-order valence-electron chi connectivity index (χ1n) is 9.25. The smallest absolute Gasteiger partial charge is 0.239 e. The van der Waals surface area contributed by atoms with Crippen molar-refractivity contribution in [3.05, 3.63) is 35.4 Å². The van der Waals surface area contributed by atoms with Gasteiger partial charge in [0, 0.05) is 12.6 Å². The first-order chi connectivity index (χ1) is 11.9. The van der Waals surface area contributed by atoms with Crippen molar-refractivity contribution in [2.45, 2.75) is 71.5 Å². The first kappa shape index (κ1) is 19.9. The molecule has 1 aromatic carbocycles. The molecule has 0 spiro atoms. The Morgan fingerprint density at radius 1 is 1.24 bits per heavy atom. The van der Waals surface area contributed by atoms with Crippen LogP contribution >= 0.6 is 0 Å². The predicted octanol–water partition coefficient (Wildman–Crippen LogP) is 2.85. The summed E-state index contributed by atoms with van der Waals surface area (Å²) >= 11 is 0. The summed E-state index contributed by atoms with van der Waals surface area (Å²) in [6.07, 6.45) is 4.71. The quantitative estimate of drug-likeness (QED) is 0.720. The molecule has 25 heavy (non-hydrogen) atoms. The van der Waals surface area contributed by atoms with Gasteiger partial charge in [0.1, 0.15) is 6.04 Å². The van der Waals surface area contributed by atoms with E-state index >= 15 is 0 Å². The normalized spacial score (nSPS) is 19.2. The Labute approximate surface area is 151 Å². The van der Waals surface area contributed by atoms with Gasteiger partial charge in [-0.25, -0.2) is 8.42 Å². The van der Waals surface area contributed by atoms with Crippen LogP contribution in [0.4, 0.5) is 0 Å². The minimum atomic E-state index is -3.44. The van der Waals surface area contributed by atoms with E-state index in [1.165, 1.54) is 4.31 Å². The Morgan fingerprint density at radius 3 is 2.56 bits per heavy atom. The van der Waals surface area contributed by atoms with E-state index in [0.717, 1.165) is 36.8 Å². The average Bonchev–Trinajstić information content (AvgIpc) is 2.60. The number of rotatable bonds is 8. The van der Waals surface area contributed by atoms with Gasteiger partial charge in [0.2, 0.25) is 15.9 Å². The molecule has 0 saturated heterocycles. The van der Waals surface area contributed by atoms with Crippen molar-refractivity contribution in [2.24, 2.45) is 0 Å². The maximum atomic E-state index is 12.8. The van der Waals surface area contributed by atoms with Gasteiger partial charge in [-0.1, -0.05) is 50.5 Å². The van der Waals surface area contributed by atoms with Gasteiger partial charge in [0.25, 0.3) is 0 Å². The Balaban J connectivity index is 2.16. The third-order valence-corrected chi connectivity index (χ3v) is 6.69. The molecule has 2 unspecified atom stereocenters. The van der Waals surface area contributed by atoms with Crippen molar-refractivity contribution < 1.29 is 13.2 Å². The summed E-state index contributed by atoms with van der Waals surface area (Å²) in [5.41, 5.74) is 2.04. The van der Waals surface area contributed by atoms with Crippen molar-refractivity contribution in [1.82, 2.24) is 9.62 Å². The van der Waals surface area contributed by atoms with E-state index in [1.54, 1.807) is 6.92 Å². The van der Waals surface area contributed by atoms with Gasteiger partial charge in [-0.05, 0) is 37.8 Å². The average molecular weight is 367 g/mol. The molecule has 0 radical (unpaired) electrons. The highest BCUT2D eigenvalue weighted by atomic mass is 32.2. The number of unbranched alkanes of at least 4 members (excludes halogenated alkanes) is 2. The number of nitrogens with zero attached hydrogens (tertiary/aromatic N) is 1. The second-order valence-electron chi connectivity index (χ2n) is 6.84. The lowest BCUT2D eigenvalue weighted by atomic mass is 9.95. The van der Waals surface area contributed by atoms with Crippen LogP contribution in [0.25, 0.3) is 0 Å². The van der Waals surface area contributed by atoms with Crippen LogP contribution in [-0.4, -0.2) is 36.5 Å². The number of carbonyl (C=O) groups is 1. The molecule has 1 N–H and O–H groups in total. The van der Waals surface area contributed by atoms with E-state index < -0.39 is 16.1 Å². The number of amides is 1. The van der Waals surface area contributed by atoms with Crippen LogP contribution in [0.2, 0.25) is 0 Å². The van der Waals surface area contributed by atoms with Gasteiger partial charge < -0.3 is 5.32 Å². The van der Waals surface area contributed by atoms with Gasteiger partial charge in [-0.2, -0.15) is 4.31 Å². The minimum absolute atomic E-state index is 0.00496. The van der Waals surface area contributed by atoms with Crippen molar-refractivity contribution in [3.8, 4) is 0 Å². The van der Waals surface area contributed by atoms with Crippen LogP contribution in [0.3, 0.4) is 0 Å². The largest absolute Gasteiger partial charge is 0.352 e. The maximum Gasteiger partial charge on any atom is 0.239 e. The summed E-state index contributed by atoms with van der Waals surface area (Å²) < 4.78 is 26.4. The van der Waals surface area contributed by atoms with Crippen molar-refractivity contribution in [2.75, 3.05) is 5.75 Å². The minimum Gasteiger partial charge on any atom is -0.352 e. The molecule has 0 aromatic heterocycles. The fraction of sp³-hybridized carbons (Fsp3) is 0.632. The lowest BCUT2D eigenvalue weighted by molar-refractivity contribution is -0.125. The number of fused-ring (bicyclic) bond motifs is 1. The molecule has 2 atom stereocenters. The Bertz CT molecular complexity index is 688. The molecule has 0 aliphatic carbocycles. The van der Waals surface area contributed by atoms with E-state index in [1.807, 2.05) is 31.2 Å². The van der Waals surface area contributed by atoms with E-state index in [-0.39, 0.29) is 24.2 Å². The Kier molecular flexibility index (Phi) is 7.02. The molecule has 0 bridgehead atoms. The zero-order valence-corrected chi connectivity index (χ0v) is 16.3. The highest BCUT2D eigenvalue weighted by Crippen LogP contribution is 2.26. The van der Waals surface area contributed by atoms with Gasteiger partial charge in [-0.15, -0.1) is 0 Å². The summed E-state index contributed by atoms with van der Waals surface area (Å²) in [4.78, 5) is 12.8. The van der Waals surface area contributed by atoms with Crippen LogP contribution in [0.15, 0.2) is 24.3 Å². The first-order valence-corrected chi connectivity index (χ1v) is 10.9.